The zero-order valence-corrected chi connectivity index (χ0v) is 10.9. The molecule has 20 heavy (non-hydrogen) atoms. The number of hydrogen-bond donors (Lipinski definition) is 2. The van der Waals surface area contributed by atoms with Crippen LogP contribution in [0.25, 0.3) is 0 Å². The van der Waals surface area contributed by atoms with E-state index in [-0.39, 0.29) is 5.91 Å². The highest BCUT2D eigenvalue weighted by atomic mass is 16.1. The van der Waals surface area contributed by atoms with Gasteiger partial charge in [0.25, 0.3) is 5.91 Å². The number of nitrogens with one attached hydrogen (secondary N) is 2. The molecule has 2 aromatic heterocycles. The summed E-state index contributed by atoms with van der Waals surface area (Å²) in [6, 6.07) is 5.90. The van der Waals surface area contributed by atoms with Crippen molar-refractivity contribution in [2.24, 2.45) is 0 Å². The van der Waals surface area contributed by atoms with Gasteiger partial charge >= 0.3 is 0 Å². The first-order valence-electron chi connectivity index (χ1n) is 6.57. The zero-order valence-electron chi connectivity index (χ0n) is 10.9. The Labute approximate surface area is 116 Å². The van der Waals surface area contributed by atoms with Crippen LogP contribution in [0, 0.1) is 0 Å². The van der Waals surface area contributed by atoms with E-state index in [0.717, 1.165) is 18.4 Å². The Morgan fingerprint density at radius 1 is 1.25 bits per heavy atom. The van der Waals surface area contributed by atoms with Gasteiger partial charge < -0.3 is 10.6 Å². The molecule has 1 fully saturated rings. The molecule has 2 heterocycles. The van der Waals surface area contributed by atoms with E-state index in [2.05, 4.69) is 25.6 Å². The van der Waals surface area contributed by atoms with Gasteiger partial charge in [-0.15, -0.1) is 0 Å². The van der Waals surface area contributed by atoms with Crippen LogP contribution in [0.2, 0.25) is 0 Å². The van der Waals surface area contributed by atoms with Crippen LogP contribution in [-0.4, -0.2) is 26.9 Å². The van der Waals surface area contributed by atoms with Crippen molar-refractivity contribution in [1.82, 2.24) is 20.3 Å². The van der Waals surface area contributed by atoms with E-state index in [0.29, 0.717) is 24.1 Å². The SMILES string of the molecule is O=C(NCc1ccncc1)c1cc(NC2CC2)ncn1. The molecule has 1 aliphatic carbocycles. The maximum absolute atomic E-state index is 12.0. The lowest BCUT2D eigenvalue weighted by atomic mass is 10.2. The first kappa shape index (κ1) is 12.5. The number of amides is 1. The summed E-state index contributed by atoms with van der Waals surface area (Å²) >= 11 is 0. The van der Waals surface area contributed by atoms with Crippen molar-refractivity contribution in [3.05, 3.63) is 48.2 Å². The number of pyridine rings is 1. The average Bonchev–Trinajstić information content (AvgIpc) is 3.30. The van der Waals surface area contributed by atoms with Crippen molar-refractivity contribution in [2.75, 3.05) is 5.32 Å². The van der Waals surface area contributed by atoms with Crippen LogP contribution in [0.5, 0.6) is 0 Å². The number of carbonyl (C=O) groups excluding carboxylic acids is 1. The molecular formula is C14H15N5O. The Hall–Kier alpha value is -2.50. The van der Waals surface area contributed by atoms with E-state index >= 15 is 0 Å². The number of aromatic nitrogens is 3. The molecule has 0 saturated heterocycles. The van der Waals surface area contributed by atoms with Crippen molar-refractivity contribution < 1.29 is 4.79 Å². The lowest BCUT2D eigenvalue weighted by Gasteiger charge is -2.06. The van der Waals surface area contributed by atoms with Crippen molar-refractivity contribution >= 4 is 11.7 Å². The summed E-state index contributed by atoms with van der Waals surface area (Å²) in [5, 5.41) is 6.07. The topological polar surface area (TPSA) is 79.8 Å². The van der Waals surface area contributed by atoms with Gasteiger partial charge in [-0.3, -0.25) is 9.78 Å². The summed E-state index contributed by atoms with van der Waals surface area (Å²) in [6.07, 6.45) is 7.13. The fraction of sp³-hybridized carbons (Fsp3) is 0.286. The van der Waals surface area contributed by atoms with Crippen molar-refractivity contribution in [1.29, 1.82) is 0 Å². The molecule has 2 aromatic rings. The highest BCUT2D eigenvalue weighted by Gasteiger charge is 2.21. The second-order valence-corrected chi connectivity index (χ2v) is 4.75. The molecule has 1 amide bonds. The molecule has 6 heteroatoms. The summed E-state index contributed by atoms with van der Waals surface area (Å²) in [6.45, 7) is 0.455. The second-order valence-electron chi connectivity index (χ2n) is 4.75. The monoisotopic (exact) mass is 269 g/mol. The first-order chi connectivity index (χ1) is 9.81. The van der Waals surface area contributed by atoms with E-state index in [9.17, 15) is 4.79 Å². The van der Waals surface area contributed by atoms with Crippen molar-refractivity contribution in [3.63, 3.8) is 0 Å². The van der Waals surface area contributed by atoms with E-state index in [1.807, 2.05) is 12.1 Å². The third-order valence-corrected chi connectivity index (χ3v) is 3.03. The molecule has 0 aliphatic heterocycles. The van der Waals surface area contributed by atoms with Crippen molar-refractivity contribution in [2.45, 2.75) is 25.4 Å². The maximum atomic E-state index is 12.0. The molecule has 102 valence electrons. The van der Waals surface area contributed by atoms with Gasteiger partial charge in [0.2, 0.25) is 0 Å². The molecule has 0 spiro atoms. The Balaban J connectivity index is 1.61. The zero-order chi connectivity index (χ0) is 13.8. The number of carbonyl (C=O) groups is 1. The van der Waals surface area contributed by atoms with Gasteiger partial charge in [-0.25, -0.2) is 9.97 Å². The fourth-order valence-corrected chi connectivity index (χ4v) is 1.77. The van der Waals surface area contributed by atoms with Gasteiger partial charge in [-0.2, -0.15) is 0 Å². The van der Waals surface area contributed by atoms with Gasteiger partial charge in [0.15, 0.2) is 0 Å². The molecule has 0 atom stereocenters. The minimum absolute atomic E-state index is 0.206. The summed E-state index contributed by atoms with van der Waals surface area (Å²) in [5.74, 6) is 0.500. The van der Waals surface area contributed by atoms with Crippen LogP contribution >= 0.6 is 0 Å². The fourth-order valence-electron chi connectivity index (χ4n) is 1.77. The van der Waals surface area contributed by atoms with Crippen LogP contribution in [0.15, 0.2) is 36.9 Å². The summed E-state index contributed by atoms with van der Waals surface area (Å²) in [4.78, 5) is 24.1. The largest absolute Gasteiger partial charge is 0.367 e. The Bertz CT molecular complexity index is 598. The Morgan fingerprint density at radius 2 is 2.05 bits per heavy atom. The van der Waals surface area contributed by atoms with Crippen LogP contribution in [0.4, 0.5) is 5.82 Å². The molecule has 3 rings (SSSR count). The smallest absolute Gasteiger partial charge is 0.270 e. The average molecular weight is 269 g/mol. The third kappa shape index (κ3) is 3.28. The molecule has 0 radical (unpaired) electrons. The standard InChI is InChI=1S/C14H15N5O/c20-14(16-8-10-3-5-15-6-4-10)12-7-13(18-9-17-12)19-11-1-2-11/h3-7,9,11H,1-2,8H2,(H,16,20)(H,17,18,19). The Morgan fingerprint density at radius 3 is 2.80 bits per heavy atom. The third-order valence-electron chi connectivity index (χ3n) is 3.03. The first-order valence-corrected chi connectivity index (χ1v) is 6.57. The maximum Gasteiger partial charge on any atom is 0.270 e. The molecule has 0 aromatic carbocycles. The van der Waals surface area contributed by atoms with Gasteiger partial charge in [0.1, 0.15) is 17.8 Å². The minimum Gasteiger partial charge on any atom is -0.367 e. The van der Waals surface area contributed by atoms with Gasteiger partial charge in [-0.05, 0) is 30.5 Å². The van der Waals surface area contributed by atoms with Gasteiger partial charge in [0.05, 0.1) is 0 Å². The van der Waals surface area contributed by atoms with Crippen molar-refractivity contribution in [3.8, 4) is 0 Å². The van der Waals surface area contributed by atoms with E-state index in [1.54, 1.807) is 18.5 Å². The van der Waals surface area contributed by atoms with E-state index < -0.39 is 0 Å². The van der Waals surface area contributed by atoms with Gasteiger partial charge in [-0.1, -0.05) is 0 Å². The van der Waals surface area contributed by atoms with Crippen LogP contribution in [0.1, 0.15) is 28.9 Å². The molecule has 0 bridgehead atoms. The predicted octanol–water partition coefficient (Wildman–Crippen LogP) is 1.38. The Kier molecular flexibility index (Phi) is 3.54. The highest BCUT2D eigenvalue weighted by Crippen LogP contribution is 2.23. The number of rotatable bonds is 5. The molecule has 2 N–H and O–H groups in total. The van der Waals surface area contributed by atoms with Crippen LogP contribution < -0.4 is 10.6 Å². The molecule has 1 saturated carbocycles. The lowest BCUT2D eigenvalue weighted by molar-refractivity contribution is 0.0946. The molecule has 6 nitrogen and oxygen atoms in total. The number of hydrogen-bond acceptors (Lipinski definition) is 5. The molecular weight excluding hydrogens is 254 g/mol. The lowest BCUT2D eigenvalue weighted by Crippen LogP contribution is -2.24. The van der Waals surface area contributed by atoms with Crippen LogP contribution in [0.3, 0.4) is 0 Å². The van der Waals surface area contributed by atoms with E-state index in [1.165, 1.54) is 6.33 Å². The minimum atomic E-state index is -0.206. The normalized spacial score (nSPS) is 13.8. The molecule has 1 aliphatic rings. The molecule has 0 unspecified atom stereocenters. The predicted molar refractivity (Wildman–Crippen MR) is 74.1 cm³/mol. The van der Waals surface area contributed by atoms with E-state index in [4.69, 9.17) is 0 Å². The van der Waals surface area contributed by atoms with Gasteiger partial charge in [0, 0.05) is 31.0 Å². The second kappa shape index (κ2) is 5.64. The number of anilines is 1. The highest BCUT2D eigenvalue weighted by molar-refractivity contribution is 5.92. The summed E-state index contributed by atoms with van der Waals surface area (Å²) in [5.41, 5.74) is 1.37. The van der Waals surface area contributed by atoms with Crippen LogP contribution in [-0.2, 0) is 6.54 Å². The quantitative estimate of drug-likeness (QED) is 0.857. The summed E-state index contributed by atoms with van der Waals surface area (Å²) in [7, 11) is 0. The summed E-state index contributed by atoms with van der Waals surface area (Å²) < 4.78 is 0. The number of nitrogens with zero attached hydrogens (tertiary/aromatic N) is 3.